The lowest BCUT2D eigenvalue weighted by Crippen LogP contribution is -2.05. The third-order valence-electron chi connectivity index (χ3n) is 2.45. The van der Waals surface area contributed by atoms with Crippen molar-refractivity contribution in [2.24, 2.45) is 5.73 Å². The van der Waals surface area contributed by atoms with Gasteiger partial charge >= 0.3 is 0 Å². The predicted octanol–water partition coefficient (Wildman–Crippen LogP) is 1.81. The summed E-state index contributed by atoms with van der Waals surface area (Å²) in [6, 6.07) is 7.13. The van der Waals surface area contributed by atoms with Crippen molar-refractivity contribution < 1.29 is 4.42 Å². The second kappa shape index (κ2) is 3.87. The van der Waals surface area contributed by atoms with Crippen molar-refractivity contribution in [3.63, 3.8) is 0 Å². The molecule has 3 nitrogen and oxygen atoms in total. The van der Waals surface area contributed by atoms with Crippen LogP contribution in [0.2, 0.25) is 0 Å². The summed E-state index contributed by atoms with van der Waals surface area (Å²) in [5.74, 6) is 0.525. The molecule has 0 saturated carbocycles. The molecule has 0 bridgehead atoms. The van der Waals surface area contributed by atoms with E-state index in [4.69, 9.17) is 10.2 Å². The zero-order valence-corrected chi connectivity index (χ0v) is 8.62. The van der Waals surface area contributed by atoms with E-state index >= 15 is 0 Å². The van der Waals surface area contributed by atoms with E-state index in [9.17, 15) is 4.79 Å². The maximum absolute atomic E-state index is 11.7. The van der Waals surface area contributed by atoms with Gasteiger partial charge in [-0.05, 0) is 24.1 Å². The molecule has 1 aromatic heterocycles. The smallest absolute Gasteiger partial charge is 0.193 e. The van der Waals surface area contributed by atoms with E-state index in [-0.39, 0.29) is 12.0 Å². The second-order valence-electron chi connectivity index (χ2n) is 3.47. The highest BCUT2D eigenvalue weighted by atomic mass is 16.3. The molecule has 0 saturated heterocycles. The van der Waals surface area contributed by atoms with Gasteiger partial charge in [0.25, 0.3) is 0 Å². The fourth-order valence-corrected chi connectivity index (χ4v) is 1.57. The van der Waals surface area contributed by atoms with Crippen molar-refractivity contribution in [2.75, 3.05) is 0 Å². The normalized spacial score (nSPS) is 10.8. The van der Waals surface area contributed by atoms with Crippen LogP contribution in [0.25, 0.3) is 11.0 Å². The van der Waals surface area contributed by atoms with E-state index in [0.717, 1.165) is 12.0 Å². The van der Waals surface area contributed by atoms with Gasteiger partial charge in [0.05, 0.1) is 11.9 Å². The molecule has 2 rings (SSSR count). The Kier molecular flexibility index (Phi) is 2.56. The number of nitrogens with two attached hydrogens (primary N) is 1. The maximum atomic E-state index is 11.7. The predicted molar refractivity (Wildman–Crippen MR) is 59.8 cm³/mol. The number of benzene rings is 1. The molecule has 0 atom stereocenters. The molecule has 2 N–H and O–H groups in total. The van der Waals surface area contributed by atoms with Crippen LogP contribution < -0.4 is 11.2 Å². The minimum Gasteiger partial charge on any atom is -0.459 e. The number of aryl methyl sites for hydroxylation is 1. The van der Waals surface area contributed by atoms with Crippen LogP contribution in [0, 0.1) is 0 Å². The Labute approximate surface area is 87.5 Å². The molecule has 0 unspecified atom stereocenters. The van der Waals surface area contributed by atoms with E-state index in [1.807, 2.05) is 18.2 Å². The zero-order valence-electron chi connectivity index (χ0n) is 8.62. The van der Waals surface area contributed by atoms with Crippen LogP contribution in [0.1, 0.15) is 18.2 Å². The number of hydrogen-bond donors (Lipinski definition) is 1. The topological polar surface area (TPSA) is 56.2 Å². The van der Waals surface area contributed by atoms with E-state index in [2.05, 4.69) is 6.92 Å². The van der Waals surface area contributed by atoms with Crippen molar-refractivity contribution in [2.45, 2.75) is 19.9 Å². The Morgan fingerprint density at radius 2 is 2.13 bits per heavy atom. The van der Waals surface area contributed by atoms with Gasteiger partial charge in [-0.15, -0.1) is 0 Å². The summed E-state index contributed by atoms with van der Waals surface area (Å²) in [5.41, 5.74) is 7.16. The summed E-state index contributed by atoms with van der Waals surface area (Å²) >= 11 is 0. The van der Waals surface area contributed by atoms with Gasteiger partial charge in [0, 0.05) is 6.07 Å². The number of rotatable bonds is 2. The van der Waals surface area contributed by atoms with Crippen LogP contribution in [0.5, 0.6) is 0 Å². The van der Waals surface area contributed by atoms with Gasteiger partial charge in [-0.25, -0.2) is 0 Å². The molecule has 0 amide bonds. The summed E-state index contributed by atoms with van der Waals surface area (Å²) in [5, 5.41) is 0.631. The van der Waals surface area contributed by atoms with Crippen LogP contribution in [-0.2, 0) is 13.0 Å². The summed E-state index contributed by atoms with van der Waals surface area (Å²) in [6.45, 7) is 2.30. The molecule has 15 heavy (non-hydrogen) atoms. The van der Waals surface area contributed by atoms with E-state index in [1.165, 1.54) is 6.07 Å². The zero-order chi connectivity index (χ0) is 10.8. The molecule has 0 aliphatic carbocycles. The van der Waals surface area contributed by atoms with Crippen molar-refractivity contribution in [3.05, 3.63) is 45.8 Å². The highest BCUT2D eigenvalue weighted by Crippen LogP contribution is 2.14. The first-order chi connectivity index (χ1) is 7.24. The molecule has 1 heterocycles. The highest BCUT2D eigenvalue weighted by Gasteiger charge is 2.03. The van der Waals surface area contributed by atoms with Crippen LogP contribution >= 0.6 is 0 Å². The largest absolute Gasteiger partial charge is 0.459 e. The fraction of sp³-hybridized carbons (Fsp3) is 0.250. The number of fused-ring (bicyclic) bond motifs is 1. The van der Waals surface area contributed by atoms with Gasteiger partial charge in [-0.2, -0.15) is 0 Å². The quantitative estimate of drug-likeness (QED) is 0.809. The van der Waals surface area contributed by atoms with E-state index < -0.39 is 0 Å². The standard InChI is InChI=1S/C12H13NO2/c1-2-8-3-4-12-10(5-8)11(14)6-9(7-13)15-12/h3-6H,2,7,13H2,1H3. The molecule has 3 heteroatoms. The number of hydrogen-bond acceptors (Lipinski definition) is 3. The molecule has 0 radical (unpaired) electrons. The molecule has 0 aliphatic heterocycles. The molecule has 0 fully saturated rings. The molecule has 1 aromatic carbocycles. The van der Waals surface area contributed by atoms with Crippen LogP contribution in [-0.4, -0.2) is 0 Å². The molecule has 0 spiro atoms. The SMILES string of the molecule is CCc1ccc2oc(CN)cc(=O)c2c1. The lowest BCUT2D eigenvalue weighted by atomic mass is 10.1. The Balaban J connectivity index is 2.74. The van der Waals surface area contributed by atoms with Crippen molar-refractivity contribution in [3.8, 4) is 0 Å². The third-order valence-corrected chi connectivity index (χ3v) is 2.45. The molecule has 0 aliphatic rings. The minimum absolute atomic E-state index is 0.0213. The van der Waals surface area contributed by atoms with Crippen molar-refractivity contribution in [1.82, 2.24) is 0 Å². The summed E-state index contributed by atoms with van der Waals surface area (Å²) in [7, 11) is 0. The first-order valence-corrected chi connectivity index (χ1v) is 5.00. The maximum Gasteiger partial charge on any atom is 0.193 e. The van der Waals surface area contributed by atoms with E-state index in [0.29, 0.717) is 16.7 Å². The van der Waals surface area contributed by atoms with Gasteiger partial charge in [0.2, 0.25) is 0 Å². The first kappa shape index (κ1) is 9.93. The third kappa shape index (κ3) is 1.78. The highest BCUT2D eigenvalue weighted by molar-refractivity contribution is 5.77. The van der Waals surface area contributed by atoms with Crippen molar-refractivity contribution in [1.29, 1.82) is 0 Å². The monoisotopic (exact) mass is 203 g/mol. The van der Waals surface area contributed by atoms with Gasteiger partial charge in [-0.3, -0.25) is 4.79 Å². The Morgan fingerprint density at radius 1 is 1.33 bits per heavy atom. The van der Waals surface area contributed by atoms with Crippen molar-refractivity contribution >= 4 is 11.0 Å². The molecule has 2 aromatic rings. The van der Waals surface area contributed by atoms with Crippen LogP contribution in [0.3, 0.4) is 0 Å². The second-order valence-corrected chi connectivity index (χ2v) is 3.47. The average Bonchev–Trinajstić information content (AvgIpc) is 2.28. The average molecular weight is 203 g/mol. The minimum atomic E-state index is -0.0213. The summed E-state index contributed by atoms with van der Waals surface area (Å²) in [4.78, 5) is 11.7. The fourth-order valence-electron chi connectivity index (χ4n) is 1.57. The first-order valence-electron chi connectivity index (χ1n) is 5.00. The summed E-state index contributed by atoms with van der Waals surface area (Å²) < 4.78 is 5.47. The Morgan fingerprint density at radius 3 is 2.80 bits per heavy atom. The molecular weight excluding hydrogens is 190 g/mol. The van der Waals surface area contributed by atoms with E-state index in [1.54, 1.807) is 0 Å². The lowest BCUT2D eigenvalue weighted by Gasteiger charge is -2.02. The Bertz CT molecular complexity index is 543. The molecular formula is C12H13NO2. The van der Waals surface area contributed by atoms with Gasteiger partial charge in [0.15, 0.2) is 5.43 Å². The Hall–Kier alpha value is -1.61. The van der Waals surface area contributed by atoms with Crippen LogP contribution in [0.15, 0.2) is 33.5 Å². The lowest BCUT2D eigenvalue weighted by molar-refractivity contribution is 0.539. The summed E-state index contributed by atoms with van der Waals surface area (Å²) in [6.07, 6.45) is 0.911. The van der Waals surface area contributed by atoms with Gasteiger partial charge in [0.1, 0.15) is 11.3 Å². The van der Waals surface area contributed by atoms with Gasteiger partial charge < -0.3 is 10.2 Å². The van der Waals surface area contributed by atoms with Crippen LogP contribution in [0.4, 0.5) is 0 Å². The molecule has 78 valence electrons. The van der Waals surface area contributed by atoms with Gasteiger partial charge in [-0.1, -0.05) is 13.0 Å².